The molecule has 34 heavy (non-hydrogen) atoms. The average molecular weight is 541 g/mol. The molecule has 1 N–H and O–H groups in total. The fourth-order valence-corrected chi connectivity index (χ4v) is 9.60. The highest BCUT2D eigenvalue weighted by molar-refractivity contribution is 8.77. The van der Waals surface area contributed by atoms with Gasteiger partial charge < -0.3 is 14.3 Å². The van der Waals surface area contributed by atoms with Crippen molar-refractivity contribution in [2.24, 2.45) is 11.3 Å². The number of thiazole rings is 1. The van der Waals surface area contributed by atoms with E-state index in [1.807, 2.05) is 31.2 Å². The summed E-state index contributed by atoms with van der Waals surface area (Å²) >= 11 is 1.58. The highest BCUT2D eigenvalue weighted by Crippen LogP contribution is 2.55. The zero-order valence-electron chi connectivity index (χ0n) is 20.7. The van der Waals surface area contributed by atoms with Crippen LogP contribution in [0.5, 0.6) is 0 Å². The van der Waals surface area contributed by atoms with Crippen LogP contribution >= 0.6 is 32.9 Å². The SMILES string of the molecule is COC(=O)/C(=C(/C)O)N1C(=O)C([C@](C)(O[SiH](C)C)C(C)(C)C)C1SSc1nc2ccccc2s1. The molecule has 1 aromatic carbocycles. The average Bonchev–Trinajstić information content (AvgIpc) is 3.15. The quantitative estimate of drug-likeness (QED) is 0.116. The molecule has 1 amide bonds. The molecule has 186 valence electrons. The molecule has 1 aromatic heterocycles. The summed E-state index contributed by atoms with van der Waals surface area (Å²) in [6.07, 6.45) is 0. The van der Waals surface area contributed by atoms with Gasteiger partial charge in [0.25, 0.3) is 0 Å². The Morgan fingerprint density at radius 3 is 2.41 bits per heavy atom. The van der Waals surface area contributed by atoms with E-state index in [0.717, 1.165) is 14.6 Å². The highest BCUT2D eigenvalue weighted by Gasteiger charge is 2.63. The van der Waals surface area contributed by atoms with E-state index < -0.39 is 31.9 Å². The van der Waals surface area contributed by atoms with Crippen molar-refractivity contribution >= 4 is 64.1 Å². The summed E-state index contributed by atoms with van der Waals surface area (Å²) < 4.78 is 13.4. The molecule has 0 bridgehead atoms. The van der Waals surface area contributed by atoms with Gasteiger partial charge in [-0.05, 0) is 55.3 Å². The van der Waals surface area contributed by atoms with Crippen LogP contribution in [-0.2, 0) is 18.8 Å². The molecule has 0 radical (unpaired) electrons. The third-order valence-corrected chi connectivity index (χ3v) is 11.0. The van der Waals surface area contributed by atoms with Crippen LogP contribution in [0.25, 0.3) is 10.2 Å². The number of aromatic nitrogens is 1. The second-order valence-electron chi connectivity index (χ2n) is 9.65. The van der Waals surface area contributed by atoms with Gasteiger partial charge in [-0.25, -0.2) is 9.78 Å². The molecule has 7 nitrogen and oxygen atoms in total. The smallest absolute Gasteiger partial charge is 0.358 e. The number of hydrogen-bond donors (Lipinski definition) is 1. The summed E-state index contributed by atoms with van der Waals surface area (Å²) in [6.45, 7) is 13.7. The highest BCUT2D eigenvalue weighted by atomic mass is 33.1. The number of hydrogen-bond acceptors (Lipinski definition) is 9. The molecule has 0 spiro atoms. The monoisotopic (exact) mass is 540 g/mol. The fraction of sp³-hybridized carbons (Fsp3) is 0.522. The van der Waals surface area contributed by atoms with Gasteiger partial charge >= 0.3 is 5.97 Å². The van der Waals surface area contributed by atoms with E-state index in [1.165, 1.54) is 40.5 Å². The third kappa shape index (κ3) is 5.04. The van der Waals surface area contributed by atoms with Gasteiger partial charge in [0.1, 0.15) is 11.1 Å². The van der Waals surface area contributed by atoms with Crippen molar-refractivity contribution in [2.75, 3.05) is 7.11 Å². The number of aliphatic hydroxyl groups is 1. The molecule has 1 fully saturated rings. The molecular formula is C23H32N2O5S3Si. The zero-order valence-corrected chi connectivity index (χ0v) is 24.3. The lowest BCUT2D eigenvalue weighted by atomic mass is 9.66. The number of β-lactam (4-membered cyclic amide) rings is 1. The molecule has 1 aliphatic heterocycles. The lowest BCUT2D eigenvalue weighted by Gasteiger charge is -2.57. The summed E-state index contributed by atoms with van der Waals surface area (Å²) in [6, 6.07) is 7.91. The molecule has 0 aliphatic carbocycles. The maximum absolute atomic E-state index is 13.6. The number of aliphatic hydroxyl groups excluding tert-OH is 1. The number of amides is 1. The summed E-state index contributed by atoms with van der Waals surface area (Å²) in [5, 5.41) is 9.83. The van der Waals surface area contributed by atoms with Crippen LogP contribution in [0.4, 0.5) is 0 Å². The van der Waals surface area contributed by atoms with Gasteiger partial charge in [0.2, 0.25) is 5.91 Å². The van der Waals surface area contributed by atoms with Crippen LogP contribution in [-0.4, -0.2) is 54.0 Å². The number of esters is 1. The summed E-state index contributed by atoms with van der Waals surface area (Å²) in [5.41, 5.74) is -0.329. The van der Waals surface area contributed by atoms with Gasteiger partial charge in [-0.1, -0.05) is 43.7 Å². The van der Waals surface area contributed by atoms with Crippen LogP contribution < -0.4 is 0 Å². The normalized spacial score (nSPS) is 21.3. The van der Waals surface area contributed by atoms with Gasteiger partial charge in [0.05, 0.1) is 28.8 Å². The van der Waals surface area contributed by atoms with Crippen LogP contribution in [0.2, 0.25) is 13.1 Å². The molecule has 1 saturated heterocycles. The Hall–Kier alpha value is -1.53. The molecular weight excluding hydrogens is 509 g/mol. The van der Waals surface area contributed by atoms with E-state index in [1.54, 1.807) is 11.3 Å². The summed E-state index contributed by atoms with van der Waals surface area (Å²) in [7, 11) is 2.62. The zero-order chi connectivity index (χ0) is 25.4. The topological polar surface area (TPSA) is 89.0 Å². The van der Waals surface area contributed by atoms with Crippen molar-refractivity contribution in [1.82, 2.24) is 9.88 Å². The number of rotatable bonds is 8. The number of carbonyl (C=O) groups is 2. The lowest BCUT2D eigenvalue weighted by molar-refractivity contribution is -0.175. The van der Waals surface area contributed by atoms with E-state index in [-0.39, 0.29) is 22.8 Å². The molecule has 2 unspecified atom stereocenters. The number of likely N-dealkylation sites (tertiary alicyclic amines) is 1. The predicted molar refractivity (Wildman–Crippen MR) is 142 cm³/mol. The number of para-hydroxylation sites is 1. The minimum absolute atomic E-state index is 0.135. The number of nitrogens with zero attached hydrogens (tertiary/aromatic N) is 2. The maximum atomic E-state index is 13.6. The molecule has 0 saturated carbocycles. The van der Waals surface area contributed by atoms with E-state index in [9.17, 15) is 14.7 Å². The number of allylic oxidation sites excluding steroid dienone is 1. The van der Waals surface area contributed by atoms with Crippen LogP contribution in [0.3, 0.4) is 0 Å². The first-order valence-corrected chi connectivity index (χ1v) is 16.8. The summed E-state index contributed by atoms with van der Waals surface area (Å²) in [4.78, 5) is 32.2. The Balaban J connectivity index is 2.01. The first-order chi connectivity index (χ1) is 15.8. The van der Waals surface area contributed by atoms with Crippen molar-refractivity contribution < 1.29 is 23.9 Å². The standard InChI is InChI=1S/C23H32N2O5S3Si/c1-13(26)17(20(28)29-6)25-18(27)16(23(5,22(2,3)4)30-34(7)8)19(25)32-33-21-24-14-11-9-10-12-15(14)31-21/h9-12,16,19,26,34H,1-8H3/b17-13+/t16?,19?,23-/m0/s1. The Kier molecular flexibility index (Phi) is 8.13. The second-order valence-corrected chi connectivity index (χ2v) is 15.6. The van der Waals surface area contributed by atoms with Crippen molar-refractivity contribution in [3.63, 3.8) is 0 Å². The number of fused-ring (bicyclic) bond motifs is 1. The minimum atomic E-state index is -1.53. The van der Waals surface area contributed by atoms with Gasteiger partial charge in [-0.3, -0.25) is 9.69 Å². The molecule has 2 aromatic rings. The van der Waals surface area contributed by atoms with Crippen molar-refractivity contribution in [2.45, 2.75) is 63.0 Å². The van der Waals surface area contributed by atoms with Gasteiger partial charge in [-0.2, -0.15) is 0 Å². The first kappa shape index (κ1) is 27.1. The predicted octanol–water partition coefficient (Wildman–Crippen LogP) is 5.59. The van der Waals surface area contributed by atoms with Crippen molar-refractivity contribution in [3.8, 4) is 0 Å². The number of ether oxygens (including phenoxy) is 1. The van der Waals surface area contributed by atoms with Crippen LogP contribution in [0, 0.1) is 11.3 Å². The van der Waals surface area contributed by atoms with Gasteiger partial charge in [0, 0.05) is 0 Å². The number of methoxy groups -OCH3 is 1. The van der Waals surface area contributed by atoms with Crippen molar-refractivity contribution in [1.29, 1.82) is 0 Å². The first-order valence-electron chi connectivity index (χ1n) is 11.0. The number of benzene rings is 1. The summed E-state index contributed by atoms with van der Waals surface area (Å²) in [5.74, 6) is -1.79. The van der Waals surface area contributed by atoms with Crippen LogP contribution in [0.1, 0.15) is 34.6 Å². The van der Waals surface area contributed by atoms with E-state index in [4.69, 9.17) is 9.16 Å². The van der Waals surface area contributed by atoms with Crippen LogP contribution in [0.15, 0.2) is 40.1 Å². The Morgan fingerprint density at radius 2 is 1.88 bits per heavy atom. The molecule has 3 atom stereocenters. The maximum Gasteiger partial charge on any atom is 0.358 e. The molecule has 3 rings (SSSR count). The number of carbonyl (C=O) groups excluding carboxylic acids is 2. The minimum Gasteiger partial charge on any atom is -0.510 e. The Morgan fingerprint density at radius 1 is 1.24 bits per heavy atom. The second kappa shape index (κ2) is 10.2. The van der Waals surface area contributed by atoms with Gasteiger partial charge in [0.15, 0.2) is 19.1 Å². The fourth-order valence-electron chi connectivity index (χ4n) is 4.01. The third-order valence-electron chi connectivity index (χ3n) is 6.06. The van der Waals surface area contributed by atoms with E-state index in [0.29, 0.717) is 0 Å². The Bertz CT molecular complexity index is 1080. The van der Waals surface area contributed by atoms with E-state index in [2.05, 4.69) is 38.8 Å². The largest absolute Gasteiger partial charge is 0.510 e. The molecule has 11 heteroatoms. The van der Waals surface area contributed by atoms with E-state index >= 15 is 0 Å². The molecule has 2 heterocycles. The lowest BCUT2D eigenvalue weighted by Crippen LogP contribution is -2.70. The Labute approximate surface area is 214 Å². The van der Waals surface area contributed by atoms with Crippen molar-refractivity contribution in [3.05, 3.63) is 35.7 Å². The van der Waals surface area contributed by atoms with Gasteiger partial charge in [-0.15, -0.1) is 11.3 Å². The molecule has 1 aliphatic rings.